The summed E-state index contributed by atoms with van der Waals surface area (Å²) in [7, 11) is 0. The third-order valence-electron chi connectivity index (χ3n) is 1.07. The van der Waals surface area contributed by atoms with Gasteiger partial charge in [0.25, 0.3) is 0 Å². The first-order valence-corrected chi connectivity index (χ1v) is 4.39. The number of nitrogens with two attached hydrogens (primary N) is 1. The van der Waals surface area contributed by atoms with Crippen LogP contribution in [0.5, 0.6) is 0 Å². The number of hydrazine groups is 1. The molecule has 5 heteroatoms. The van der Waals surface area contributed by atoms with Gasteiger partial charge >= 0.3 is 0 Å². The molecule has 0 aromatic heterocycles. The minimum absolute atomic E-state index is 0.534. The maximum Gasteiger partial charge on any atom is 0.0603 e. The van der Waals surface area contributed by atoms with Crippen LogP contribution >= 0.6 is 35.1 Å². The Balaban J connectivity index is 2.86. The topological polar surface area (TPSA) is 38.0 Å². The van der Waals surface area contributed by atoms with Crippen molar-refractivity contribution in [2.45, 2.75) is 4.90 Å². The minimum atomic E-state index is 0.534. The summed E-state index contributed by atoms with van der Waals surface area (Å²) in [5.41, 5.74) is 0. The van der Waals surface area contributed by atoms with Crippen LogP contribution in [0, 0.1) is 0 Å². The summed E-state index contributed by atoms with van der Waals surface area (Å²) >= 11 is 12.7. The van der Waals surface area contributed by atoms with Gasteiger partial charge in [0.15, 0.2) is 0 Å². The lowest BCUT2D eigenvalue weighted by Crippen LogP contribution is -2.10. The molecule has 1 aromatic carbocycles. The van der Waals surface area contributed by atoms with E-state index in [1.807, 2.05) is 6.07 Å². The quantitative estimate of drug-likeness (QED) is 0.446. The Morgan fingerprint density at radius 2 is 2.00 bits per heavy atom. The maximum atomic E-state index is 5.74. The van der Waals surface area contributed by atoms with Gasteiger partial charge in [-0.05, 0) is 30.1 Å². The molecule has 3 N–H and O–H groups in total. The molecule has 0 aliphatic heterocycles. The Morgan fingerprint density at radius 3 is 2.55 bits per heavy atom. The van der Waals surface area contributed by atoms with Crippen LogP contribution in [0.3, 0.4) is 0 Å². The number of halogens is 2. The molecular weight excluding hydrogens is 203 g/mol. The first-order valence-electron chi connectivity index (χ1n) is 2.81. The van der Waals surface area contributed by atoms with E-state index in [2.05, 4.69) is 4.83 Å². The maximum absolute atomic E-state index is 5.74. The fraction of sp³-hybridized carbons (Fsp3) is 0. The average molecular weight is 209 g/mol. The standard InChI is InChI=1S/C6H6Cl2N2S/c7-5-2-1-4(11-10-9)3-6(5)8/h1-3,10H,9H2. The highest BCUT2D eigenvalue weighted by atomic mass is 35.5. The Bertz CT molecular complexity index is 254. The highest BCUT2D eigenvalue weighted by molar-refractivity contribution is 7.97. The van der Waals surface area contributed by atoms with Crippen LogP contribution in [0.4, 0.5) is 0 Å². The van der Waals surface area contributed by atoms with Crippen molar-refractivity contribution in [1.29, 1.82) is 0 Å². The molecule has 0 saturated carbocycles. The molecule has 2 nitrogen and oxygen atoms in total. The van der Waals surface area contributed by atoms with Crippen molar-refractivity contribution in [2.75, 3.05) is 0 Å². The van der Waals surface area contributed by atoms with E-state index in [4.69, 9.17) is 29.0 Å². The molecule has 0 radical (unpaired) electrons. The van der Waals surface area contributed by atoms with E-state index >= 15 is 0 Å². The summed E-state index contributed by atoms with van der Waals surface area (Å²) in [5.74, 6) is 5.09. The van der Waals surface area contributed by atoms with Crippen LogP contribution in [-0.2, 0) is 0 Å². The predicted octanol–water partition coefficient (Wildman–Crippen LogP) is 2.46. The average Bonchev–Trinajstić information content (AvgIpc) is 1.98. The van der Waals surface area contributed by atoms with Crippen LogP contribution in [-0.4, -0.2) is 0 Å². The van der Waals surface area contributed by atoms with E-state index in [1.54, 1.807) is 12.1 Å². The molecule has 0 unspecified atom stereocenters. The van der Waals surface area contributed by atoms with Crippen molar-refractivity contribution in [3.8, 4) is 0 Å². The van der Waals surface area contributed by atoms with Crippen molar-refractivity contribution in [3.05, 3.63) is 28.2 Å². The van der Waals surface area contributed by atoms with Gasteiger partial charge < -0.3 is 0 Å². The third kappa shape index (κ3) is 2.54. The molecule has 0 spiro atoms. The molecule has 0 bridgehead atoms. The number of nitrogens with one attached hydrogen (secondary N) is 1. The van der Waals surface area contributed by atoms with Crippen molar-refractivity contribution >= 4 is 35.1 Å². The van der Waals surface area contributed by atoms with Crippen molar-refractivity contribution in [3.63, 3.8) is 0 Å². The van der Waals surface area contributed by atoms with Crippen molar-refractivity contribution in [2.24, 2.45) is 5.84 Å². The van der Waals surface area contributed by atoms with Gasteiger partial charge in [-0.25, -0.2) is 0 Å². The van der Waals surface area contributed by atoms with Gasteiger partial charge in [0.05, 0.1) is 10.0 Å². The molecular formula is C6H6Cl2N2S. The molecule has 0 atom stereocenters. The van der Waals surface area contributed by atoms with Gasteiger partial charge in [-0.1, -0.05) is 23.2 Å². The van der Waals surface area contributed by atoms with E-state index in [1.165, 1.54) is 11.9 Å². The molecule has 0 saturated heterocycles. The highest BCUT2D eigenvalue weighted by Crippen LogP contribution is 2.26. The molecule has 0 fully saturated rings. The number of hydrogen-bond acceptors (Lipinski definition) is 3. The first kappa shape index (κ1) is 9.16. The van der Waals surface area contributed by atoms with Crippen LogP contribution < -0.4 is 10.7 Å². The van der Waals surface area contributed by atoms with Crippen molar-refractivity contribution < 1.29 is 0 Å². The second-order valence-electron chi connectivity index (χ2n) is 1.80. The lowest BCUT2D eigenvalue weighted by Gasteiger charge is -1.99. The Hall–Kier alpha value is 0.0700. The van der Waals surface area contributed by atoms with Gasteiger partial charge in [-0.15, -0.1) is 0 Å². The second kappa shape index (κ2) is 4.18. The molecule has 1 rings (SSSR count). The highest BCUT2D eigenvalue weighted by Gasteiger charge is 1.98. The van der Waals surface area contributed by atoms with E-state index in [0.717, 1.165) is 4.90 Å². The minimum Gasteiger partial charge on any atom is -0.261 e. The lowest BCUT2D eigenvalue weighted by molar-refractivity contribution is 1.11. The van der Waals surface area contributed by atoms with Crippen LogP contribution in [0.1, 0.15) is 0 Å². The molecule has 0 amide bonds. The molecule has 1 aromatic rings. The van der Waals surface area contributed by atoms with E-state index in [0.29, 0.717) is 10.0 Å². The van der Waals surface area contributed by atoms with Gasteiger partial charge in [-0.2, -0.15) is 4.83 Å². The Kier molecular flexibility index (Phi) is 3.48. The summed E-state index contributed by atoms with van der Waals surface area (Å²) in [6, 6.07) is 5.30. The number of rotatable bonds is 2. The fourth-order valence-electron chi connectivity index (χ4n) is 0.608. The largest absolute Gasteiger partial charge is 0.261 e. The van der Waals surface area contributed by atoms with Crippen LogP contribution in [0.15, 0.2) is 23.1 Å². The van der Waals surface area contributed by atoms with Crippen LogP contribution in [0.2, 0.25) is 10.0 Å². The van der Waals surface area contributed by atoms with E-state index < -0.39 is 0 Å². The van der Waals surface area contributed by atoms with Crippen LogP contribution in [0.25, 0.3) is 0 Å². The summed E-state index contributed by atoms with van der Waals surface area (Å²) in [4.78, 5) is 3.38. The summed E-state index contributed by atoms with van der Waals surface area (Å²) in [6.45, 7) is 0. The second-order valence-corrected chi connectivity index (χ2v) is 3.52. The molecule has 0 heterocycles. The summed E-state index contributed by atoms with van der Waals surface area (Å²) in [6.07, 6.45) is 0. The SMILES string of the molecule is NNSc1ccc(Cl)c(Cl)c1. The van der Waals surface area contributed by atoms with Crippen molar-refractivity contribution in [1.82, 2.24) is 4.83 Å². The molecule has 0 aliphatic rings. The predicted molar refractivity (Wildman–Crippen MR) is 49.6 cm³/mol. The zero-order valence-corrected chi connectivity index (χ0v) is 7.80. The smallest absolute Gasteiger partial charge is 0.0603 e. The third-order valence-corrected chi connectivity index (χ3v) is 2.41. The summed E-state index contributed by atoms with van der Waals surface area (Å²) in [5, 5.41) is 1.08. The molecule has 11 heavy (non-hydrogen) atoms. The van der Waals surface area contributed by atoms with E-state index in [9.17, 15) is 0 Å². The fourth-order valence-corrected chi connectivity index (χ4v) is 1.42. The molecule has 0 aliphatic carbocycles. The number of hydrogen-bond donors (Lipinski definition) is 2. The zero-order valence-electron chi connectivity index (χ0n) is 5.47. The first-order chi connectivity index (χ1) is 5.24. The summed E-state index contributed by atoms with van der Waals surface area (Å²) < 4.78 is 0. The van der Waals surface area contributed by atoms with Gasteiger partial charge in [0, 0.05) is 4.90 Å². The normalized spacial score (nSPS) is 10.1. The van der Waals surface area contributed by atoms with Gasteiger partial charge in [0.1, 0.15) is 0 Å². The van der Waals surface area contributed by atoms with E-state index in [-0.39, 0.29) is 0 Å². The lowest BCUT2D eigenvalue weighted by atomic mass is 10.4. The van der Waals surface area contributed by atoms with Gasteiger partial charge in [0.2, 0.25) is 0 Å². The number of benzene rings is 1. The monoisotopic (exact) mass is 208 g/mol. The molecule has 60 valence electrons. The van der Waals surface area contributed by atoms with Gasteiger partial charge in [-0.3, -0.25) is 5.84 Å². The zero-order chi connectivity index (χ0) is 8.27. The Labute approximate surface area is 79.2 Å². The Morgan fingerprint density at radius 1 is 1.27 bits per heavy atom.